The second kappa shape index (κ2) is 9.93. The lowest BCUT2D eigenvalue weighted by atomic mass is 9.71. The van der Waals surface area contributed by atoms with Gasteiger partial charge in [-0.25, -0.2) is 4.39 Å². The molecule has 2 amide bonds. The number of likely N-dealkylation sites (N-methyl/N-ethyl adjacent to an activating group) is 1. The van der Waals surface area contributed by atoms with E-state index < -0.39 is 34.3 Å². The van der Waals surface area contributed by atoms with Gasteiger partial charge in [-0.2, -0.15) is 0 Å². The first-order chi connectivity index (χ1) is 15.7. The van der Waals surface area contributed by atoms with Crippen LogP contribution in [0.2, 0.25) is 5.02 Å². The van der Waals surface area contributed by atoms with Gasteiger partial charge in [-0.1, -0.05) is 23.7 Å². The number of aromatic hydroxyl groups is 1. The lowest BCUT2D eigenvalue weighted by molar-refractivity contribution is -0.103. The number of nitrogens with one attached hydrogen (secondary N) is 1. The van der Waals surface area contributed by atoms with Crippen molar-refractivity contribution in [1.29, 1.82) is 0 Å². The average molecular weight is 514 g/mol. The first-order valence-electron chi connectivity index (χ1n) is 10.8. The Bertz CT molecular complexity index is 1180. The standard InChI is InChI=1S/C23H25ClFN3O5.ClH/c1-3-28-22(32)18-20(30)19(29)15(11-27(18)12-23(28)8-14(9-23)33-4-2)21(31)26-10-13-6-5-7-16(24)17(13)25;/h5-7,11,14,30H,3-4,8-10,12H2,1-2H3,(H,26,31);1H/t14-,23-;. The van der Waals surface area contributed by atoms with Gasteiger partial charge in [0.05, 0.1) is 16.7 Å². The summed E-state index contributed by atoms with van der Waals surface area (Å²) in [5.74, 6) is -2.67. The molecule has 2 aliphatic rings. The molecule has 0 bridgehead atoms. The molecule has 2 N–H and O–H groups in total. The van der Waals surface area contributed by atoms with Crippen LogP contribution in [0.3, 0.4) is 0 Å². The van der Waals surface area contributed by atoms with Crippen LogP contribution < -0.4 is 10.7 Å². The fraction of sp³-hybridized carbons (Fsp3) is 0.435. The predicted octanol–water partition coefficient (Wildman–Crippen LogP) is 3.11. The number of rotatable bonds is 6. The van der Waals surface area contributed by atoms with E-state index in [1.165, 1.54) is 22.9 Å². The molecule has 2 aromatic rings. The van der Waals surface area contributed by atoms with Crippen LogP contribution in [0.25, 0.3) is 0 Å². The summed E-state index contributed by atoms with van der Waals surface area (Å²) in [6, 6.07) is 4.40. The van der Waals surface area contributed by atoms with E-state index in [0.29, 0.717) is 32.5 Å². The molecular formula is C23H26Cl2FN3O5. The average Bonchev–Trinajstić information content (AvgIpc) is 2.76. The molecule has 1 aliphatic carbocycles. The molecule has 0 saturated heterocycles. The van der Waals surface area contributed by atoms with Crippen molar-refractivity contribution in [2.24, 2.45) is 0 Å². The lowest BCUT2D eigenvalue weighted by Gasteiger charge is -2.56. The van der Waals surface area contributed by atoms with Crippen molar-refractivity contribution in [3.05, 3.63) is 62.3 Å². The molecule has 11 heteroatoms. The maximum absolute atomic E-state index is 14.1. The van der Waals surface area contributed by atoms with Crippen molar-refractivity contribution in [3.8, 4) is 5.75 Å². The van der Waals surface area contributed by atoms with Gasteiger partial charge in [0.15, 0.2) is 11.4 Å². The van der Waals surface area contributed by atoms with E-state index in [2.05, 4.69) is 5.32 Å². The number of carbonyl (C=O) groups excluding carboxylic acids is 2. The highest BCUT2D eigenvalue weighted by Gasteiger charge is 2.54. The van der Waals surface area contributed by atoms with Gasteiger partial charge in [0.2, 0.25) is 5.43 Å². The minimum absolute atomic E-state index is 0. The molecule has 34 heavy (non-hydrogen) atoms. The zero-order valence-electron chi connectivity index (χ0n) is 18.8. The second-order valence-electron chi connectivity index (χ2n) is 8.35. The van der Waals surface area contributed by atoms with Crippen molar-refractivity contribution in [2.45, 2.75) is 51.4 Å². The number of hydrogen-bond donors (Lipinski definition) is 2. The Kier molecular flexibility index (Phi) is 7.59. The summed E-state index contributed by atoms with van der Waals surface area (Å²) in [5.41, 5.74) is -1.76. The Morgan fingerprint density at radius 3 is 2.68 bits per heavy atom. The molecule has 1 aromatic carbocycles. The minimum Gasteiger partial charge on any atom is -0.503 e. The van der Waals surface area contributed by atoms with Crippen molar-refractivity contribution in [2.75, 3.05) is 13.2 Å². The number of halogens is 3. The van der Waals surface area contributed by atoms with E-state index in [1.54, 1.807) is 11.0 Å². The first-order valence-corrected chi connectivity index (χ1v) is 11.2. The number of fused-ring (bicyclic) bond motifs is 1. The largest absolute Gasteiger partial charge is 0.503 e. The van der Waals surface area contributed by atoms with Crippen LogP contribution in [0.4, 0.5) is 4.39 Å². The maximum atomic E-state index is 14.1. The van der Waals surface area contributed by atoms with E-state index in [1.807, 2.05) is 13.8 Å². The molecule has 184 valence electrons. The molecule has 1 aliphatic heterocycles. The van der Waals surface area contributed by atoms with E-state index in [9.17, 15) is 23.9 Å². The van der Waals surface area contributed by atoms with Crippen LogP contribution in [-0.4, -0.2) is 51.2 Å². The molecule has 1 aromatic heterocycles. The summed E-state index contributed by atoms with van der Waals surface area (Å²) < 4.78 is 21.3. The first kappa shape index (κ1) is 26.0. The van der Waals surface area contributed by atoms with Crippen LogP contribution in [0.5, 0.6) is 5.75 Å². The van der Waals surface area contributed by atoms with E-state index in [0.717, 1.165) is 0 Å². The zero-order valence-corrected chi connectivity index (χ0v) is 20.3. The quantitative estimate of drug-likeness (QED) is 0.617. The van der Waals surface area contributed by atoms with E-state index in [4.69, 9.17) is 16.3 Å². The van der Waals surface area contributed by atoms with Gasteiger partial charge < -0.3 is 24.6 Å². The SMILES string of the molecule is CCO[C@H]1C[C@@]2(Cn3cc(C(=O)NCc4cccc(Cl)c4F)c(=O)c(O)c3C(=O)N2CC)C1.Cl. The predicted molar refractivity (Wildman–Crippen MR) is 126 cm³/mol. The molecule has 1 spiro atoms. The Hall–Kier alpha value is -2.62. The number of hydrogen-bond acceptors (Lipinski definition) is 5. The van der Waals surface area contributed by atoms with Crippen LogP contribution in [0.1, 0.15) is 53.1 Å². The molecule has 0 unspecified atom stereocenters. The number of pyridine rings is 1. The fourth-order valence-electron chi connectivity index (χ4n) is 4.83. The summed E-state index contributed by atoms with van der Waals surface area (Å²) >= 11 is 5.77. The smallest absolute Gasteiger partial charge is 0.275 e. The van der Waals surface area contributed by atoms with Gasteiger partial charge in [-0.15, -0.1) is 12.4 Å². The van der Waals surface area contributed by atoms with Crippen LogP contribution in [0, 0.1) is 5.82 Å². The molecule has 2 heterocycles. The highest BCUT2D eigenvalue weighted by Crippen LogP contribution is 2.44. The van der Waals surface area contributed by atoms with E-state index >= 15 is 0 Å². The number of benzene rings is 1. The molecule has 8 nitrogen and oxygen atoms in total. The normalized spacial score (nSPS) is 21.0. The lowest BCUT2D eigenvalue weighted by Crippen LogP contribution is -2.66. The highest BCUT2D eigenvalue weighted by molar-refractivity contribution is 6.30. The monoisotopic (exact) mass is 513 g/mol. The molecule has 4 rings (SSSR count). The van der Waals surface area contributed by atoms with Crippen molar-refractivity contribution in [3.63, 3.8) is 0 Å². The molecule has 1 fully saturated rings. The van der Waals surface area contributed by atoms with Gasteiger partial charge in [-0.3, -0.25) is 14.4 Å². The molecule has 0 radical (unpaired) electrons. The third kappa shape index (κ3) is 4.28. The minimum atomic E-state index is -0.952. The molecule has 0 atom stereocenters. The second-order valence-corrected chi connectivity index (χ2v) is 8.76. The fourth-order valence-corrected chi connectivity index (χ4v) is 5.03. The van der Waals surface area contributed by atoms with Crippen LogP contribution in [-0.2, 0) is 17.8 Å². The van der Waals surface area contributed by atoms with Gasteiger partial charge in [0.1, 0.15) is 11.4 Å². The Morgan fingerprint density at radius 2 is 2.03 bits per heavy atom. The van der Waals surface area contributed by atoms with Crippen LogP contribution >= 0.6 is 24.0 Å². The summed E-state index contributed by atoms with van der Waals surface area (Å²) in [5, 5.41) is 13.0. The van der Waals surface area contributed by atoms with Crippen LogP contribution in [0.15, 0.2) is 29.2 Å². The highest BCUT2D eigenvalue weighted by atomic mass is 35.5. The number of amides is 2. The summed E-state index contributed by atoms with van der Waals surface area (Å²) in [7, 11) is 0. The van der Waals surface area contributed by atoms with Gasteiger partial charge >= 0.3 is 0 Å². The summed E-state index contributed by atoms with van der Waals surface area (Å²) in [4.78, 5) is 40.3. The molecular weight excluding hydrogens is 488 g/mol. The number of carbonyl (C=O) groups is 2. The summed E-state index contributed by atoms with van der Waals surface area (Å²) in [6.07, 6.45) is 2.58. The number of aromatic nitrogens is 1. The van der Waals surface area contributed by atoms with E-state index in [-0.39, 0.29) is 46.9 Å². The van der Waals surface area contributed by atoms with Gasteiger partial charge in [0, 0.05) is 38.0 Å². The third-order valence-corrected chi connectivity index (χ3v) is 6.68. The van der Waals surface area contributed by atoms with Crippen molar-refractivity contribution >= 4 is 35.8 Å². The topological polar surface area (TPSA) is 101 Å². The van der Waals surface area contributed by atoms with Gasteiger partial charge in [0.25, 0.3) is 11.8 Å². The van der Waals surface area contributed by atoms with Crippen molar-refractivity contribution < 1.29 is 23.8 Å². The third-order valence-electron chi connectivity index (χ3n) is 6.39. The van der Waals surface area contributed by atoms with Crippen molar-refractivity contribution in [1.82, 2.24) is 14.8 Å². The number of nitrogens with zero attached hydrogens (tertiary/aromatic N) is 2. The number of ether oxygens (including phenoxy) is 1. The maximum Gasteiger partial charge on any atom is 0.275 e. The Labute approximate surface area is 207 Å². The Balaban J connectivity index is 0.00000324. The van der Waals surface area contributed by atoms with Gasteiger partial charge in [-0.05, 0) is 32.8 Å². The Morgan fingerprint density at radius 1 is 1.32 bits per heavy atom. The summed E-state index contributed by atoms with van der Waals surface area (Å²) in [6.45, 7) is 4.86. The zero-order chi connectivity index (χ0) is 23.9. The molecule has 1 saturated carbocycles.